The second-order valence-electron chi connectivity index (χ2n) is 5.57. The highest BCUT2D eigenvalue weighted by Crippen LogP contribution is 2.37. The number of ether oxygens (including phenoxy) is 2. The van der Waals surface area contributed by atoms with Gasteiger partial charge < -0.3 is 19.9 Å². The third-order valence-corrected chi connectivity index (χ3v) is 3.81. The van der Waals surface area contributed by atoms with Gasteiger partial charge in [0.1, 0.15) is 5.70 Å². The van der Waals surface area contributed by atoms with Crippen LogP contribution in [0.1, 0.15) is 29.3 Å². The van der Waals surface area contributed by atoms with E-state index in [0.29, 0.717) is 29.2 Å². The number of aliphatic carboxylic acids is 1. The van der Waals surface area contributed by atoms with Crippen LogP contribution in [0.5, 0.6) is 11.5 Å². The smallest absolute Gasteiger partial charge is 0.352 e. The van der Waals surface area contributed by atoms with Crippen molar-refractivity contribution in [1.29, 1.82) is 0 Å². The van der Waals surface area contributed by atoms with Crippen molar-refractivity contribution in [3.63, 3.8) is 0 Å². The normalized spacial score (nSPS) is 11.0. The fourth-order valence-electron chi connectivity index (χ4n) is 2.27. The van der Waals surface area contributed by atoms with E-state index in [-0.39, 0.29) is 10.7 Å². The molecule has 0 aliphatic rings. The highest BCUT2D eigenvalue weighted by molar-refractivity contribution is 6.32. The SMILES string of the molecule is CCCOc1c(Cl)cc(/C=C(/NC(=O)c2ccccc2)C(=O)O)cc1OC. The van der Waals surface area contributed by atoms with Gasteiger partial charge in [0.15, 0.2) is 11.5 Å². The van der Waals surface area contributed by atoms with Gasteiger partial charge in [-0.2, -0.15) is 0 Å². The van der Waals surface area contributed by atoms with Crippen LogP contribution >= 0.6 is 11.6 Å². The molecule has 0 saturated heterocycles. The van der Waals surface area contributed by atoms with Crippen LogP contribution in [0.15, 0.2) is 48.2 Å². The number of nitrogens with one attached hydrogen (secondary N) is 1. The summed E-state index contributed by atoms with van der Waals surface area (Å²) in [6.07, 6.45) is 2.11. The fraction of sp³-hybridized carbons (Fsp3) is 0.200. The van der Waals surface area contributed by atoms with Crippen molar-refractivity contribution in [3.8, 4) is 11.5 Å². The van der Waals surface area contributed by atoms with Crippen LogP contribution in [0.2, 0.25) is 5.02 Å². The summed E-state index contributed by atoms with van der Waals surface area (Å²) in [7, 11) is 1.47. The van der Waals surface area contributed by atoms with Gasteiger partial charge in [0.2, 0.25) is 0 Å². The molecular weight excluding hydrogens is 370 g/mol. The Labute approximate surface area is 162 Å². The summed E-state index contributed by atoms with van der Waals surface area (Å²) in [5.41, 5.74) is 0.513. The third kappa shape index (κ3) is 5.49. The van der Waals surface area contributed by atoms with Gasteiger partial charge in [-0.05, 0) is 42.3 Å². The first kappa shape index (κ1) is 20.3. The van der Waals surface area contributed by atoms with Crippen LogP contribution in [0.25, 0.3) is 6.08 Å². The highest BCUT2D eigenvalue weighted by atomic mass is 35.5. The summed E-state index contributed by atoms with van der Waals surface area (Å²) >= 11 is 6.24. The summed E-state index contributed by atoms with van der Waals surface area (Å²) < 4.78 is 10.9. The van der Waals surface area contributed by atoms with Gasteiger partial charge in [0, 0.05) is 5.56 Å². The number of rotatable bonds is 8. The summed E-state index contributed by atoms with van der Waals surface area (Å²) in [5.74, 6) is -1.03. The number of hydrogen-bond donors (Lipinski definition) is 2. The van der Waals surface area contributed by atoms with E-state index in [0.717, 1.165) is 6.42 Å². The minimum atomic E-state index is -1.28. The standard InChI is InChI=1S/C20H20ClNO5/c1-3-9-27-18-15(21)10-13(12-17(18)26-2)11-16(20(24)25)22-19(23)14-7-5-4-6-8-14/h4-8,10-12H,3,9H2,1-2H3,(H,22,23)(H,24,25)/b16-11+. The summed E-state index contributed by atoms with van der Waals surface area (Å²) in [5, 5.41) is 12.1. The number of carboxylic acids is 1. The molecule has 0 aromatic heterocycles. The molecule has 0 heterocycles. The quantitative estimate of drug-likeness (QED) is 0.667. The van der Waals surface area contributed by atoms with E-state index in [1.807, 2.05) is 6.92 Å². The maximum Gasteiger partial charge on any atom is 0.352 e. The van der Waals surface area contributed by atoms with E-state index < -0.39 is 11.9 Å². The van der Waals surface area contributed by atoms with Gasteiger partial charge in [0.05, 0.1) is 18.7 Å². The van der Waals surface area contributed by atoms with Crippen LogP contribution < -0.4 is 14.8 Å². The maximum atomic E-state index is 12.2. The van der Waals surface area contributed by atoms with E-state index in [1.165, 1.54) is 13.2 Å². The Kier molecular flexibility index (Phi) is 7.25. The first-order valence-electron chi connectivity index (χ1n) is 8.28. The van der Waals surface area contributed by atoms with Gasteiger partial charge in [-0.3, -0.25) is 4.79 Å². The minimum Gasteiger partial charge on any atom is -0.493 e. The lowest BCUT2D eigenvalue weighted by atomic mass is 10.1. The predicted octanol–water partition coefficient (Wildman–Crippen LogP) is 3.99. The molecule has 142 valence electrons. The Bertz CT molecular complexity index is 849. The van der Waals surface area contributed by atoms with Crippen LogP contribution in [-0.4, -0.2) is 30.7 Å². The molecule has 6 nitrogen and oxygen atoms in total. The number of carbonyl (C=O) groups excluding carboxylic acids is 1. The Hall–Kier alpha value is -2.99. The molecule has 7 heteroatoms. The average molecular weight is 390 g/mol. The van der Waals surface area contributed by atoms with Gasteiger partial charge in [-0.1, -0.05) is 36.7 Å². The number of amides is 1. The molecule has 0 saturated carbocycles. The zero-order chi connectivity index (χ0) is 19.8. The van der Waals surface area contributed by atoms with Crippen molar-refractivity contribution >= 4 is 29.6 Å². The van der Waals surface area contributed by atoms with Crippen molar-refractivity contribution < 1.29 is 24.2 Å². The lowest BCUT2D eigenvalue weighted by Gasteiger charge is -2.13. The number of carbonyl (C=O) groups is 2. The van der Waals surface area contributed by atoms with Crippen LogP contribution in [0, 0.1) is 0 Å². The lowest BCUT2D eigenvalue weighted by Crippen LogP contribution is -2.27. The molecule has 2 aromatic carbocycles. The Morgan fingerprint density at radius 3 is 2.52 bits per heavy atom. The third-order valence-electron chi connectivity index (χ3n) is 3.53. The molecule has 0 aliphatic carbocycles. The summed E-state index contributed by atoms with van der Waals surface area (Å²) in [6, 6.07) is 11.5. The predicted molar refractivity (Wildman–Crippen MR) is 103 cm³/mol. The molecule has 2 N–H and O–H groups in total. The molecule has 1 amide bonds. The average Bonchev–Trinajstić information content (AvgIpc) is 2.66. The van der Waals surface area contributed by atoms with Crippen molar-refractivity contribution in [2.24, 2.45) is 0 Å². The van der Waals surface area contributed by atoms with Crippen LogP contribution in [-0.2, 0) is 4.79 Å². The summed E-state index contributed by atoms with van der Waals surface area (Å²) in [4.78, 5) is 23.8. The molecule has 2 rings (SSSR count). The van der Waals surface area contributed by atoms with E-state index in [9.17, 15) is 14.7 Å². The van der Waals surface area contributed by atoms with E-state index in [4.69, 9.17) is 21.1 Å². The second-order valence-corrected chi connectivity index (χ2v) is 5.97. The number of carboxylic acid groups (broad SMARTS) is 1. The molecule has 0 radical (unpaired) electrons. The molecule has 0 spiro atoms. The largest absolute Gasteiger partial charge is 0.493 e. The number of hydrogen-bond acceptors (Lipinski definition) is 4. The van der Waals surface area contributed by atoms with Crippen molar-refractivity contribution in [2.75, 3.05) is 13.7 Å². The number of benzene rings is 2. The second kappa shape index (κ2) is 9.64. The zero-order valence-corrected chi connectivity index (χ0v) is 15.7. The highest BCUT2D eigenvalue weighted by Gasteiger charge is 2.16. The van der Waals surface area contributed by atoms with Crippen LogP contribution in [0.3, 0.4) is 0 Å². The molecule has 0 fully saturated rings. The molecular formula is C20H20ClNO5. The van der Waals surface area contributed by atoms with Gasteiger partial charge in [-0.15, -0.1) is 0 Å². The van der Waals surface area contributed by atoms with Crippen molar-refractivity contribution in [2.45, 2.75) is 13.3 Å². The van der Waals surface area contributed by atoms with Gasteiger partial charge in [-0.25, -0.2) is 4.79 Å². The zero-order valence-electron chi connectivity index (χ0n) is 15.0. The minimum absolute atomic E-state index is 0.285. The molecule has 2 aromatic rings. The van der Waals surface area contributed by atoms with Gasteiger partial charge >= 0.3 is 5.97 Å². The maximum absolute atomic E-state index is 12.2. The number of halogens is 1. The van der Waals surface area contributed by atoms with Gasteiger partial charge in [0.25, 0.3) is 5.91 Å². The number of methoxy groups -OCH3 is 1. The molecule has 0 aliphatic heterocycles. The monoisotopic (exact) mass is 389 g/mol. The lowest BCUT2D eigenvalue weighted by molar-refractivity contribution is -0.132. The summed E-state index contributed by atoms with van der Waals surface area (Å²) in [6.45, 7) is 2.44. The molecule has 27 heavy (non-hydrogen) atoms. The van der Waals surface area contributed by atoms with E-state index >= 15 is 0 Å². The van der Waals surface area contributed by atoms with Crippen molar-refractivity contribution in [1.82, 2.24) is 5.32 Å². The Balaban J connectivity index is 2.33. The Morgan fingerprint density at radius 2 is 1.93 bits per heavy atom. The molecule has 0 unspecified atom stereocenters. The fourth-order valence-corrected chi connectivity index (χ4v) is 2.54. The Morgan fingerprint density at radius 1 is 1.22 bits per heavy atom. The first-order valence-corrected chi connectivity index (χ1v) is 8.65. The van der Waals surface area contributed by atoms with Crippen molar-refractivity contribution in [3.05, 3.63) is 64.3 Å². The van der Waals surface area contributed by atoms with E-state index in [2.05, 4.69) is 5.32 Å². The van der Waals surface area contributed by atoms with E-state index in [1.54, 1.807) is 42.5 Å². The topological polar surface area (TPSA) is 84.9 Å². The first-order chi connectivity index (χ1) is 13.0. The molecule has 0 atom stereocenters. The molecule has 0 bridgehead atoms. The van der Waals surface area contributed by atoms with Crippen LogP contribution in [0.4, 0.5) is 0 Å².